The molecule has 0 bridgehead atoms. The van der Waals surface area contributed by atoms with Gasteiger partial charge in [-0.25, -0.2) is 0 Å². The Morgan fingerprint density at radius 2 is 1.38 bits per heavy atom. The zero-order chi connectivity index (χ0) is 19.9. The average molecular weight is 372 g/mol. The van der Waals surface area contributed by atoms with E-state index in [0.29, 0.717) is 12.8 Å². The molecular weight excluding hydrogens is 326 g/mol. The quantitative estimate of drug-likeness (QED) is 0.384. The Balaban J connectivity index is 3.75. The molecule has 0 aliphatic carbocycles. The lowest BCUT2D eigenvalue weighted by molar-refractivity contribution is -0.128. The summed E-state index contributed by atoms with van der Waals surface area (Å²) >= 11 is 0. The summed E-state index contributed by atoms with van der Waals surface area (Å²) < 4.78 is 0. The van der Waals surface area contributed by atoms with Crippen LogP contribution in [0.1, 0.15) is 97.8 Å². The average Bonchev–Trinajstić information content (AvgIpc) is 2.60. The fraction of sp³-hybridized carbons (Fsp3) is 0.955. The molecule has 4 nitrogen and oxygen atoms in total. The van der Waals surface area contributed by atoms with Gasteiger partial charge in [-0.3, -0.25) is 4.79 Å². The predicted octanol–water partition coefficient (Wildman–Crippen LogP) is 4.77. The number of nitrogens with zero attached hydrogens (tertiary/aromatic N) is 1. The maximum atomic E-state index is 11.5. The highest BCUT2D eigenvalue weighted by molar-refractivity contribution is 5.75. The van der Waals surface area contributed by atoms with Crippen LogP contribution in [0.15, 0.2) is 0 Å². The summed E-state index contributed by atoms with van der Waals surface area (Å²) in [5.41, 5.74) is 0. The standard InChI is InChI=1S/C22H45NO3/c1-6-7-11-15-20(24)19(3)17-21(25)18(2)14-12-9-8-10-13-16-22(26)23(4)5/h18-21,24-25H,6-17H2,1-5H3. The summed E-state index contributed by atoms with van der Waals surface area (Å²) in [7, 11) is 3.61. The molecule has 0 spiro atoms. The van der Waals surface area contributed by atoms with Gasteiger partial charge in [0.05, 0.1) is 12.2 Å². The van der Waals surface area contributed by atoms with Crippen molar-refractivity contribution >= 4 is 5.91 Å². The number of aliphatic hydroxyl groups is 2. The number of carbonyl (C=O) groups is 1. The summed E-state index contributed by atoms with van der Waals surface area (Å²) in [6, 6.07) is 0. The van der Waals surface area contributed by atoms with Gasteiger partial charge in [0.1, 0.15) is 0 Å². The molecule has 0 rings (SSSR count). The van der Waals surface area contributed by atoms with Crippen LogP contribution in [-0.4, -0.2) is 47.3 Å². The number of amides is 1. The van der Waals surface area contributed by atoms with Crippen LogP contribution in [0.4, 0.5) is 0 Å². The Kier molecular flexibility index (Phi) is 15.1. The van der Waals surface area contributed by atoms with Crippen molar-refractivity contribution in [3.8, 4) is 0 Å². The highest BCUT2D eigenvalue weighted by atomic mass is 16.3. The van der Waals surface area contributed by atoms with Crippen LogP contribution < -0.4 is 0 Å². The molecule has 2 N–H and O–H groups in total. The minimum Gasteiger partial charge on any atom is -0.393 e. The van der Waals surface area contributed by atoms with Gasteiger partial charge in [-0.1, -0.05) is 65.7 Å². The maximum Gasteiger partial charge on any atom is 0.222 e. The molecule has 0 aromatic rings. The number of aliphatic hydroxyl groups excluding tert-OH is 2. The fourth-order valence-electron chi connectivity index (χ4n) is 3.35. The molecule has 0 aromatic carbocycles. The summed E-state index contributed by atoms with van der Waals surface area (Å²) in [4.78, 5) is 13.1. The number of rotatable bonds is 16. The lowest BCUT2D eigenvalue weighted by Gasteiger charge is -2.25. The van der Waals surface area contributed by atoms with E-state index in [9.17, 15) is 15.0 Å². The molecule has 0 saturated heterocycles. The Hall–Kier alpha value is -0.610. The van der Waals surface area contributed by atoms with E-state index in [1.165, 1.54) is 19.3 Å². The van der Waals surface area contributed by atoms with Crippen molar-refractivity contribution in [2.75, 3.05) is 14.1 Å². The first-order valence-electron chi connectivity index (χ1n) is 10.9. The molecule has 0 saturated carbocycles. The van der Waals surface area contributed by atoms with E-state index in [4.69, 9.17) is 0 Å². The monoisotopic (exact) mass is 371 g/mol. The van der Waals surface area contributed by atoms with Crippen molar-refractivity contribution in [3.05, 3.63) is 0 Å². The van der Waals surface area contributed by atoms with Crippen LogP contribution >= 0.6 is 0 Å². The van der Waals surface area contributed by atoms with Gasteiger partial charge in [-0.05, 0) is 37.5 Å². The molecule has 26 heavy (non-hydrogen) atoms. The van der Waals surface area contributed by atoms with Gasteiger partial charge in [0.2, 0.25) is 5.91 Å². The molecule has 0 fully saturated rings. The lowest BCUT2D eigenvalue weighted by Crippen LogP contribution is -2.26. The molecule has 4 unspecified atom stereocenters. The zero-order valence-corrected chi connectivity index (χ0v) is 18.0. The van der Waals surface area contributed by atoms with Gasteiger partial charge in [-0.2, -0.15) is 0 Å². The number of unbranched alkanes of at least 4 members (excludes halogenated alkanes) is 6. The van der Waals surface area contributed by atoms with Crippen LogP contribution in [0.3, 0.4) is 0 Å². The van der Waals surface area contributed by atoms with Crippen molar-refractivity contribution in [1.82, 2.24) is 4.90 Å². The van der Waals surface area contributed by atoms with Crippen molar-refractivity contribution in [2.45, 2.75) is 110 Å². The molecular formula is C22H45NO3. The Morgan fingerprint density at radius 3 is 2.00 bits per heavy atom. The summed E-state index contributed by atoms with van der Waals surface area (Å²) in [6.45, 7) is 6.35. The van der Waals surface area contributed by atoms with Gasteiger partial charge >= 0.3 is 0 Å². The second-order valence-electron chi connectivity index (χ2n) is 8.42. The highest BCUT2D eigenvalue weighted by Gasteiger charge is 2.21. The first-order valence-corrected chi connectivity index (χ1v) is 10.9. The van der Waals surface area contributed by atoms with Crippen molar-refractivity contribution < 1.29 is 15.0 Å². The van der Waals surface area contributed by atoms with E-state index in [1.807, 2.05) is 0 Å². The third-order valence-electron chi connectivity index (χ3n) is 5.58. The number of hydrogen-bond donors (Lipinski definition) is 2. The SMILES string of the molecule is CCCCCC(O)C(C)CC(O)C(C)CCCCCCCC(=O)N(C)C. The Bertz CT molecular complexity index is 346. The molecule has 4 atom stereocenters. The van der Waals surface area contributed by atoms with Crippen molar-refractivity contribution in [1.29, 1.82) is 0 Å². The molecule has 4 heteroatoms. The van der Waals surface area contributed by atoms with Crippen LogP contribution in [0.5, 0.6) is 0 Å². The normalized spacial score (nSPS) is 16.1. The second-order valence-corrected chi connectivity index (χ2v) is 8.42. The van der Waals surface area contributed by atoms with Gasteiger partial charge in [0, 0.05) is 20.5 Å². The Labute approximate surface area is 162 Å². The smallest absolute Gasteiger partial charge is 0.222 e. The first-order chi connectivity index (χ1) is 12.3. The largest absolute Gasteiger partial charge is 0.393 e. The lowest BCUT2D eigenvalue weighted by atomic mass is 9.87. The van der Waals surface area contributed by atoms with Gasteiger partial charge in [0.25, 0.3) is 0 Å². The van der Waals surface area contributed by atoms with E-state index >= 15 is 0 Å². The van der Waals surface area contributed by atoms with Gasteiger partial charge in [0.15, 0.2) is 0 Å². The Morgan fingerprint density at radius 1 is 0.808 bits per heavy atom. The van der Waals surface area contributed by atoms with E-state index in [-0.39, 0.29) is 30.0 Å². The highest BCUT2D eigenvalue weighted by Crippen LogP contribution is 2.23. The van der Waals surface area contributed by atoms with Crippen LogP contribution in [0.25, 0.3) is 0 Å². The van der Waals surface area contributed by atoms with Gasteiger partial charge in [-0.15, -0.1) is 0 Å². The minimum absolute atomic E-state index is 0.165. The molecule has 0 heterocycles. The fourth-order valence-corrected chi connectivity index (χ4v) is 3.35. The number of carbonyl (C=O) groups excluding carboxylic acids is 1. The van der Waals surface area contributed by atoms with E-state index in [1.54, 1.807) is 19.0 Å². The minimum atomic E-state index is -0.316. The summed E-state index contributed by atoms with van der Waals surface area (Å²) in [5, 5.41) is 20.6. The van der Waals surface area contributed by atoms with Crippen molar-refractivity contribution in [2.24, 2.45) is 11.8 Å². The van der Waals surface area contributed by atoms with E-state index in [0.717, 1.165) is 44.9 Å². The van der Waals surface area contributed by atoms with Crippen LogP contribution in [-0.2, 0) is 4.79 Å². The maximum absolute atomic E-state index is 11.5. The third-order valence-corrected chi connectivity index (χ3v) is 5.58. The summed E-state index contributed by atoms with van der Waals surface area (Å²) in [6.07, 6.45) is 11.6. The second kappa shape index (κ2) is 15.4. The van der Waals surface area contributed by atoms with Gasteiger partial charge < -0.3 is 15.1 Å². The first kappa shape index (κ1) is 25.4. The number of hydrogen-bond acceptors (Lipinski definition) is 3. The molecule has 0 aliphatic rings. The molecule has 0 radical (unpaired) electrons. The van der Waals surface area contributed by atoms with Crippen LogP contribution in [0.2, 0.25) is 0 Å². The van der Waals surface area contributed by atoms with Crippen molar-refractivity contribution in [3.63, 3.8) is 0 Å². The molecule has 0 aliphatic heterocycles. The molecule has 1 amide bonds. The molecule has 156 valence electrons. The molecule has 0 aromatic heterocycles. The zero-order valence-electron chi connectivity index (χ0n) is 18.0. The topological polar surface area (TPSA) is 60.8 Å². The van der Waals surface area contributed by atoms with Crippen LogP contribution in [0, 0.1) is 11.8 Å². The van der Waals surface area contributed by atoms with E-state index in [2.05, 4.69) is 20.8 Å². The van der Waals surface area contributed by atoms with E-state index < -0.39 is 0 Å². The summed E-state index contributed by atoms with van der Waals surface area (Å²) in [5.74, 6) is 0.668. The predicted molar refractivity (Wildman–Crippen MR) is 110 cm³/mol. The third kappa shape index (κ3) is 12.7.